The SMILES string of the molecule is CCOC(=O)c1c(NC(=O)[C@H](C)N2CCOCC2)sc2c1CC[C@H](C)C2. The van der Waals surface area contributed by atoms with Gasteiger partial charge in [-0.2, -0.15) is 0 Å². The lowest BCUT2D eigenvalue weighted by molar-refractivity contribution is -0.122. The van der Waals surface area contributed by atoms with Gasteiger partial charge in [-0.3, -0.25) is 9.69 Å². The maximum Gasteiger partial charge on any atom is 0.341 e. The van der Waals surface area contributed by atoms with Gasteiger partial charge in [0, 0.05) is 18.0 Å². The van der Waals surface area contributed by atoms with Crippen LogP contribution in [0.2, 0.25) is 0 Å². The Kier molecular flexibility index (Phi) is 6.32. The molecule has 1 amide bonds. The topological polar surface area (TPSA) is 67.9 Å². The molecule has 0 saturated carbocycles. The van der Waals surface area contributed by atoms with Crippen LogP contribution in [-0.4, -0.2) is 55.7 Å². The van der Waals surface area contributed by atoms with Crippen LogP contribution >= 0.6 is 11.3 Å². The van der Waals surface area contributed by atoms with E-state index in [-0.39, 0.29) is 17.9 Å². The Bertz CT molecular complexity index is 667. The summed E-state index contributed by atoms with van der Waals surface area (Å²) in [6.07, 6.45) is 2.89. The van der Waals surface area contributed by atoms with Crippen molar-refractivity contribution in [1.82, 2.24) is 4.90 Å². The van der Waals surface area contributed by atoms with Crippen LogP contribution < -0.4 is 5.32 Å². The molecule has 2 heterocycles. The summed E-state index contributed by atoms with van der Waals surface area (Å²) < 4.78 is 10.6. The van der Waals surface area contributed by atoms with Gasteiger partial charge in [0.05, 0.1) is 31.4 Å². The minimum Gasteiger partial charge on any atom is -0.462 e. The lowest BCUT2D eigenvalue weighted by atomic mass is 9.88. The van der Waals surface area contributed by atoms with Gasteiger partial charge in [0.1, 0.15) is 5.00 Å². The fraction of sp³-hybridized carbons (Fsp3) is 0.684. The number of carbonyl (C=O) groups excluding carboxylic acids is 2. The first-order valence-electron chi connectivity index (χ1n) is 9.45. The number of ether oxygens (including phenoxy) is 2. The summed E-state index contributed by atoms with van der Waals surface area (Å²) in [5.41, 5.74) is 1.64. The van der Waals surface area contributed by atoms with Crippen molar-refractivity contribution in [3.63, 3.8) is 0 Å². The molecule has 0 aromatic carbocycles. The summed E-state index contributed by atoms with van der Waals surface area (Å²) in [4.78, 5) is 28.6. The Hall–Kier alpha value is -1.44. The minimum absolute atomic E-state index is 0.0795. The molecule has 0 bridgehead atoms. The number of hydrogen-bond acceptors (Lipinski definition) is 6. The second-order valence-electron chi connectivity index (χ2n) is 7.09. The normalized spacial score (nSPS) is 21.7. The maximum absolute atomic E-state index is 12.8. The van der Waals surface area contributed by atoms with Crippen LogP contribution in [0.25, 0.3) is 0 Å². The molecule has 1 N–H and O–H groups in total. The average Bonchev–Trinajstić information content (AvgIpc) is 2.98. The molecule has 1 aromatic rings. The number of thiophene rings is 1. The van der Waals surface area contributed by atoms with E-state index in [2.05, 4.69) is 17.1 Å². The predicted octanol–water partition coefficient (Wildman–Crippen LogP) is 2.71. The molecule has 1 aliphatic carbocycles. The lowest BCUT2D eigenvalue weighted by Crippen LogP contribution is -2.47. The fourth-order valence-corrected chi connectivity index (χ4v) is 5.01. The van der Waals surface area contributed by atoms with Crippen LogP contribution in [0.1, 0.15) is 48.0 Å². The Labute approximate surface area is 158 Å². The molecule has 1 saturated heterocycles. The third-order valence-electron chi connectivity index (χ3n) is 5.20. The molecule has 2 aliphatic rings. The number of anilines is 1. The number of amides is 1. The van der Waals surface area contributed by atoms with Gasteiger partial charge in [-0.05, 0) is 44.6 Å². The van der Waals surface area contributed by atoms with Crippen LogP contribution in [0.3, 0.4) is 0 Å². The zero-order valence-corrected chi connectivity index (χ0v) is 16.6. The van der Waals surface area contributed by atoms with Crippen LogP contribution in [0.4, 0.5) is 5.00 Å². The Morgan fingerprint density at radius 3 is 2.81 bits per heavy atom. The number of nitrogens with one attached hydrogen (secondary N) is 1. The highest BCUT2D eigenvalue weighted by Gasteiger charge is 2.31. The van der Waals surface area contributed by atoms with E-state index in [0.29, 0.717) is 36.3 Å². The summed E-state index contributed by atoms with van der Waals surface area (Å²) in [7, 11) is 0. The molecule has 3 rings (SSSR count). The number of morpholine rings is 1. The molecular weight excluding hydrogens is 352 g/mol. The predicted molar refractivity (Wildman–Crippen MR) is 102 cm³/mol. The summed E-state index contributed by atoms with van der Waals surface area (Å²) in [5.74, 6) is 0.199. The van der Waals surface area contributed by atoms with Crippen molar-refractivity contribution in [3.05, 3.63) is 16.0 Å². The largest absolute Gasteiger partial charge is 0.462 e. The van der Waals surface area contributed by atoms with Crippen LogP contribution in [0.5, 0.6) is 0 Å². The lowest BCUT2D eigenvalue weighted by Gasteiger charge is -2.31. The van der Waals surface area contributed by atoms with Crippen molar-refractivity contribution in [2.45, 2.75) is 46.1 Å². The molecule has 26 heavy (non-hydrogen) atoms. The average molecular weight is 381 g/mol. The number of rotatable bonds is 5. The van der Waals surface area contributed by atoms with E-state index in [1.54, 1.807) is 6.92 Å². The summed E-state index contributed by atoms with van der Waals surface area (Å²) in [6.45, 7) is 9.06. The number of carbonyl (C=O) groups is 2. The van der Waals surface area contributed by atoms with Gasteiger partial charge in [-0.25, -0.2) is 4.79 Å². The van der Waals surface area contributed by atoms with Gasteiger partial charge in [-0.15, -0.1) is 11.3 Å². The van der Waals surface area contributed by atoms with Crippen LogP contribution in [0.15, 0.2) is 0 Å². The molecule has 7 heteroatoms. The molecule has 6 nitrogen and oxygen atoms in total. The molecule has 0 spiro atoms. The summed E-state index contributed by atoms with van der Waals surface area (Å²) in [6, 6.07) is -0.257. The van der Waals surface area contributed by atoms with Crippen molar-refractivity contribution in [2.24, 2.45) is 5.92 Å². The molecule has 1 aliphatic heterocycles. The Balaban J connectivity index is 1.81. The van der Waals surface area contributed by atoms with Crippen molar-refractivity contribution >= 4 is 28.2 Å². The second-order valence-corrected chi connectivity index (χ2v) is 8.20. The fourth-order valence-electron chi connectivity index (χ4n) is 3.60. The number of nitrogens with zero attached hydrogens (tertiary/aromatic N) is 1. The van der Waals surface area contributed by atoms with E-state index >= 15 is 0 Å². The summed E-state index contributed by atoms with van der Waals surface area (Å²) in [5, 5.41) is 3.66. The van der Waals surface area contributed by atoms with Gasteiger partial charge in [0.15, 0.2) is 0 Å². The second kappa shape index (κ2) is 8.50. The van der Waals surface area contributed by atoms with E-state index in [4.69, 9.17) is 9.47 Å². The highest BCUT2D eigenvalue weighted by Crippen LogP contribution is 2.40. The van der Waals surface area contributed by atoms with Gasteiger partial charge in [-0.1, -0.05) is 6.92 Å². The van der Waals surface area contributed by atoms with Crippen molar-refractivity contribution in [1.29, 1.82) is 0 Å². The van der Waals surface area contributed by atoms with Crippen molar-refractivity contribution in [2.75, 3.05) is 38.2 Å². The standard InChI is InChI=1S/C19H28N2O4S/c1-4-25-19(23)16-14-6-5-12(2)11-15(14)26-18(16)20-17(22)13(3)21-7-9-24-10-8-21/h12-13H,4-11H2,1-3H3,(H,20,22)/t12-,13-/m0/s1. The first-order chi connectivity index (χ1) is 12.5. The molecule has 0 unspecified atom stereocenters. The minimum atomic E-state index is -0.325. The van der Waals surface area contributed by atoms with Crippen LogP contribution in [0, 0.1) is 5.92 Å². The zero-order valence-electron chi connectivity index (χ0n) is 15.8. The molecule has 2 atom stereocenters. The monoisotopic (exact) mass is 380 g/mol. The van der Waals surface area contributed by atoms with E-state index in [0.717, 1.165) is 37.9 Å². The van der Waals surface area contributed by atoms with E-state index in [9.17, 15) is 9.59 Å². The molecule has 1 aromatic heterocycles. The van der Waals surface area contributed by atoms with Gasteiger partial charge < -0.3 is 14.8 Å². The quantitative estimate of drug-likeness (QED) is 0.796. The highest BCUT2D eigenvalue weighted by molar-refractivity contribution is 7.17. The number of fused-ring (bicyclic) bond motifs is 1. The third kappa shape index (κ3) is 4.10. The first-order valence-corrected chi connectivity index (χ1v) is 10.3. The third-order valence-corrected chi connectivity index (χ3v) is 6.37. The Morgan fingerprint density at radius 2 is 2.12 bits per heavy atom. The van der Waals surface area contributed by atoms with E-state index in [1.165, 1.54) is 16.2 Å². The van der Waals surface area contributed by atoms with Gasteiger partial charge in [0.2, 0.25) is 5.91 Å². The first kappa shape index (κ1) is 19.3. The summed E-state index contributed by atoms with van der Waals surface area (Å²) >= 11 is 1.54. The van der Waals surface area contributed by atoms with E-state index in [1.807, 2.05) is 6.92 Å². The maximum atomic E-state index is 12.8. The Morgan fingerprint density at radius 1 is 1.38 bits per heavy atom. The van der Waals surface area contributed by atoms with Crippen molar-refractivity contribution < 1.29 is 19.1 Å². The van der Waals surface area contributed by atoms with E-state index < -0.39 is 0 Å². The smallest absolute Gasteiger partial charge is 0.341 e. The highest BCUT2D eigenvalue weighted by atomic mass is 32.1. The molecule has 144 valence electrons. The molecule has 1 fully saturated rings. The van der Waals surface area contributed by atoms with Gasteiger partial charge >= 0.3 is 5.97 Å². The van der Waals surface area contributed by atoms with Crippen LogP contribution in [-0.2, 0) is 27.1 Å². The van der Waals surface area contributed by atoms with Crippen molar-refractivity contribution in [3.8, 4) is 0 Å². The van der Waals surface area contributed by atoms with Gasteiger partial charge in [0.25, 0.3) is 0 Å². The molecule has 0 radical (unpaired) electrons. The zero-order chi connectivity index (χ0) is 18.7. The number of esters is 1. The molecular formula is C19H28N2O4S. The number of hydrogen-bond donors (Lipinski definition) is 1.